The van der Waals surface area contributed by atoms with E-state index in [2.05, 4.69) is 4.90 Å². The van der Waals surface area contributed by atoms with Gasteiger partial charge in [-0.15, -0.1) is 0 Å². The van der Waals surface area contributed by atoms with Crippen LogP contribution in [0.4, 0.5) is 0 Å². The second-order valence-corrected chi connectivity index (χ2v) is 9.55. The Kier molecular flexibility index (Phi) is 7.09. The predicted octanol–water partition coefficient (Wildman–Crippen LogP) is 4.01. The number of hydrogen-bond donors (Lipinski definition) is 0. The molecule has 0 aromatic heterocycles. The summed E-state index contributed by atoms with van der Waals surface area (Å²) in [5, 5.41) is 0. The molecule has 3 aromatic rings. The summed E-state index contributed by atoms with van der Waals surface area (Å²) >= 11 is 0. The zero-order valence-electron chi connectivity index (χ0n) is 18.0. The summed E-state index contributed by atoms with van der Waals surface area (Å²) in [6, 6.07) is 26.0. The summed E-state index contributed by atoms with van der Waals surface area (Å²) in [4.78, 5) is 2.14. The van der Waals surface area contributed by atoms with Crippen LogP contribution in [0.3, 0.4) is 0 Å². The monoisotopic (exact) mass is 453 g/mol. The van der Waals surface area contributed by atoms with E-state index in [9.17, 15) is 8.42 Å². The van der Waals surface area contributed by atoms with E-state index in [1.807, 2.05) is 78.9 Å². The Balaban J connectivity index is 1.42. The first kappa shape index (κ1) is 22.3. The summed E-state index contributed by atoms with van der Waals surface area (Å²) < 4.78 is 39.7. The van der Waals surface area contributed by atoms with Crippen LogP contribution < -0.4 is 9.47 Å². The molecule has 6 nitrogen and oxygen atoms in total. The number of ether oxygens (including phenoxy) is 2. The second-order valence-electron chi connectivity index (χ2n) is 7.95. The van der Waals surface area contributed by atoms with Gasteiger partial charge in [0, 0.05) is 19.6 Å². The lowest BCUT2D eigenvalue weighted by molar-refractivity contribution is 0.0195. The Morgan fingerprint density at radius 3 is 1.91 bits per heavy atom. The topological polar surface area (TPSA) is 65.1 Å². The summed E-state index contributed by atoms with van der Waals surface area (Å²) in [5.74, 6) is 1.38. The van der Waals surface area contributed by atoms with Gasteiger partial charge in [0.05, 0.1) is 6.26 Å². The molecule has 168 valence electrons. The molecule has 0 bridgehead atoms. The van der Waals surface area contributed by atoms with Crippen molar-refractivity contribution in [3.63, 3.8) is 0 Å². The van der Waals surface area contributed by atoms with E-state index in [-0.39, 0.29) is 6.10 Å². The van der Waals surface area contributed by atoms with Gasteiger partial charge in [-0.1, -0.05) is 66.7 Å². The van der Waals surface area contributed by atoms with Crippen molar-refractivity contribution in [2.24, 2.45) is 0 Å². The Morgan fingerprint density at radius 2 is 1.34 bits per heavy atom. The minimum atomic E-state index is -3.42. The molecule has 3 aromatic carbocycles. The Morgan fingerprint density at radius 1 is 0.781 bits per heavy atom. The number of hydrogen-bond acceptors (Lipinski definition) is 6. The largest absolute Gasteiger partial charge is 0.485 e. The molecule has 0 atom stereocenters. The standard InChI is InChI=1S/C25H27NO5S/c1-32(27,28)31-23-16-26(17-23)15-22-12-13-24(29-18-20-8-4-2-5-9-20)25(14-22)30-19-21-10-6-3-7-11-21/h2-14,23H,15-19H2,1H3. The summed E-state index contributed by atoms with van der Waals surface area (Å²) in [7, 11) is -3.42. The van der Waals surface area contributed by atoms with Crippen LogP contribution in [-0.2, 0) is 34.1 Å². The summed E-state index contributed by atoms with van der Waals surface area (Å²) in [6.07, 6.45) is 0.812. The van der Waals surface area contributed by atoms with Crippen molar-refractivity contribution in [3.05, 3.63) is 95.6 Å². The Labute approximate surface area is 189 Å². The molecule has 1 aliphatic rings. The molecule has 1 aliphatic heterocycles. The molecular formula is C25H27NO5S. The molecule has 0 aliphatic carbocycles. The fourth-order valence-corrected chi connectivity index (χ4v) is 4.19. The minimum absolute atomic E-state index is 0.271. The third-order valence-electron chi connectivity index (χ3n) is 5.12. The first-order valence-electron chi connectivity index (χ1n) is 10.5. The van der Waals surface area contributed by atoms with Crippen molar-refractivity contribution in [2.75, 3.05) is 19.3 Å². The molecule has 0 radical (unpaired) electrons. The van der Waals surface area contributed by atoms with Gasteiger partial charge in [-0.3, -0.25) is 9.08 Å². The maximum atomic E-state index is 11.3. The van der Waals surface area contributed by atoms with Gasteiger partial charge in [-0.25, -0.2) is 0 Å². The quantitative estimate of drug-likeness (QED) is 0.432. The van der Waals surface area contributed by atoms with Gasteiger partial charge in [0.2, 0.25) is 0 Å². The molecule has 4 rings (SSSR count). The van der Waals surface area contributed by atoms with Gasteiger partial charge < -0.3 is 9.47 Å². The average Bonchev–Trinajstić information content (AvgIpc) is 2.76. The van der Waals surface area contributed by atoms with Gasteiger partial charge >= 0.3 is 0 Å². The lowest BCUT2D eigenvalue weighted by atomic mass is 10.1. The van der Waals surface area contributed by atoms with Crippen molar-refractivity contribution in [3.8, 4) is 11.5 Å². The third-order valence-corrected chi connectivity index (χ3v) is 5.74. The van der Waals surface area contributed by atoms with Crippen LogP contribution in [-0.4, -0.2) is 38.8 Å². The lowest BCUT2D eigenvalue weighted by Gasteiger charge is -2.38. The number of nitrogens with zero attached hydrogens (tertiary/aromatic N) is 1. The van der Waals surface area contributed by atoms with Crippen molar-refractivity contribution in [1.82, 2.24) is 4.90 Å². The van der Waals surface area contributed by atoms with Crippen molar-refractivity contribution in [1.29, 1.82) is 0 Å². The maximum absolute atomic E-state index is 11.3. The van der Waals surface area contributed by atoms with E-state index >= 15 is 0 Å². The van der Waals surface area contributed by atoms with Gasteiger partial charge in [-0.2, -0.15) is 8.42 Å². The molecule has 7 heteroatoms. The fourth-order valence-electron chi connectivity index (χ4n) is 3.57. The molecule has 0 spiro atoms. The van der Waals surface area contributed by atoms with Crippen LogP contribution in [0, 0.1) is 0 Å². The second kappa shape index (κ2) is 10.2. The van der Waals surface area contributed by atoms with Crippen LogP contribution in [0.25, 0.3) is 0 Å². The van der Waals surface area contributed by atoms with Gasteiger partial charge in [0.15, 0.2) is 11.5 Å². The number of benzene rings is 3. The van der Waals surface area contributed by atoms with Gasteiger partial charge in [0.1, 0.15) is 19.3 Å². The maximum Gasteiger partial charge on any atom is 0.264 e. The minimum Gasteiger partial charge on any atom is -0.485 e. The molecule has 1 fully saturated rings. The highest BCUT2D eigenvalue weighted by Gasteiger charge is 2.30. The SMILES string of the molecule is CS(=O)(=O)OC1CN(Cc2ccc(OCc3ccccc3)c(OCc3ccccc3)c2)C1. The van der Waals surface area contributed by atoms with E-state index in [4.69, 9.17) is 13.7 Å². The molecule has 0 saturated carbocycles. The Bertz CT molecular complexity index is 1110. The molecule has 1 heterocycles. The third kappa shape index (κ3) is 6.56. The fraction of sp³-hybridized carbons (Fsp3) is 0.280. The van der Waals surface area contributed by atoms with Crippen LogP contribution in [0.2, 0.25) is 0 Å². The summed E-state index contributed by atoms with van der Waals surface area (Å²) in [6.45, 7) is 2.75. The van der Waals surface area contributed by atoms with E-state index < -0.39 is 10.1 Å². The molecule has 1 saturated heterocycles. The zero-order chi connectivity index (χ0) is 22.4. The van der Waals surface area contributed by atoms with Crippen molar-refractivity contribution in [2.45, 2.75) is 25.9 Å². The predicted molar refractivity (Wildman–Crippen MR) is 123 cm³/mol. The van der Waals surface area contributed by atoms with Crippen LogP contribution in [0.5, 0.6) is 11.5 Å². The molecule has 32 heavy (non-hydrogen) atoms. The van der Waals surface area contributed by atoms with E-state index in [1.54, 1.807) is 0 Å². The van der Waals surface area contributed by atoms with E-state index in [1.165, 1.54) is 0 Å². The zero-order valence-corrected chi connectivity index (χ0v) is 18.8. The average molecular weight is 454 g/mol. The number of likely N-dealkylation sites (tertiary alicyclic amines) is 1. The first-order valence-corrected chi connectivity index (χ1v) is 12.3. The highest BCUT2D eigenvalue weighted by atomic mass is 32.2. The lowest BCUT2D eigenvalue weighted by Crippen LogP contribution is -2.52. The van der Waals surface area contributed by atoms with Gasteiger partial charge in [-0.05, 0) is 28.8 Å². The highest BCUT2D eigenvalue weighted by Crippen LogP contribution is 2.31. The van der Waals surface area contributed by atoms with E-state index in [0.29, 0.717) is 44.3 Å². The van der Waals surface area contributed by atoms with Crippen LogP contribution in [0.1, 0.15) is 16.7 Å². The molecular weight excluding hydrogens is 426 g/mol. The molecule has 0 amide bonds. The van der Waals surface area contributed by atoms with Crippen LogP contribution in [0.15, 0.2) is 78.9 Å². The van der Waals surface area contributed by atoms with Crippen LogP contribution >= 0.6 is 0 Å². The first-order chi connectivity index (χ1) is 15.4. The molecule has 0 unspecified atom stereocenters. The van der Waals surface area contributed by atoms with E-state index in [0.717, 1.165) is 22.9 Å². The molecule has 0 N–H and O–H groups in total. The van der Waals surface area contributed by atoms with Crippen molar-refractivity contribution < 1.29 is 22.1 Å². The Hall–Kier alpha value is -2.87. The normalized spacial score (nSPS) is 14.7. The van der Waals surface area contributed by atoms with Crippen molar-refractivity contribution >= 4 is 10.1 Å². The number of rotatable bonds is 10. The smallest absolute Gasteiger partial charge is 0.264 e. The summed E-state index contributed by atoms with van der Waals surface area (Å²) in [5.41, 5.74) is 3.23. The highest BCUT2D eigenvalue weighted by molar-refractivity contribution is 7.86. The van der Waals surface area contributed by atoms with Gasteiger partial charge in [0.25, 0.3) is 10.1 Å².